The summed E-state index contributed by atoms with van der Waals surface area (Å²) >= 11 is 0. The van der Waals surface area contributed by atoms with Crippen molar-refractivity contribution < 1.29 is 0 Å². The summed E-state index contributed by atoms with van der Waals surface area (Å²) in [7, 11) is 8.34. The highest BCUT2D eigenvalue weighted by atomic mass is 31.0. The van der Waals surface area contributed by atoms with Gasteiger partial charge in [0.1, 0.15) is 5.82 Å². The average molecular weight is 246 g/mol. The molecule has 4 heteroatoms. The summed E-state index contributed by atoms with van der Waals surface area (Å²) in [6.07, 6.45) is 6.88. The fourth-order valence-corrected chi connectivity index (χ4v) is 2.43. The van der Waals surface area contributed by atoms with E-state index in [-0.39, 0.29) is 5.56 Å². The van der Waals surface area contributed by atoms with Gasteiger partial charge in [0.05, 0.1) is 7.85 Å². The van der Waals surface area contributed by atoms with Gasteiger partial charge in [0, 0.05) is 12.2 Å². The van der Waals surface area contributed by atoms with Crippen molar-refractivity contribution in [1.29, 1.82) is 0 Å². The minimum atomic E-state index is 0.244. The zero-order valence-corrected chi connectivity index (χ0v) is 11.4. The number of rotatable bonds is 5. The number of anilines is 1. The molecule has 0 aliphatic carbocycles. The number of aryl methyl sites for hydroxylation is 2. The van der Waals surface area contributed by atoms with Gasteiger partial charge in [-0.15, -0.1) is 9.24 Å². The third-order valence-corrected chi connectivity index (χ3v) is 3.51. The number of fused-ring (bicyclic) bond motifs is 1. The highest BCUT2D eigenvalue weighted by molar-refractivity contribution is 7.20. The molecule has 1 aliphatic heterocycles. The van der Waals surface area contributed by atoms with Crippen LogP contribution in [0.1, 0.15) is 36.9 Å². The molecule has 2 rings (SSSR count). The van der Waals surface area contributed by atoms with E-state index in [1.807, 2.05) is 0 Å². The predicted octanol–water partition coefficient (Wildman–Crippen LogP) is 2.52. The van der Waals surface area contributed by atoms with Crippen molar-refractivity contribution in [3.05, 3.63) is 23.4 Å². The van der Waals surface area contributed by atoms with Crippen molar-refractivity contribution in [2.45, 2.75) is 44.1 Å². The Hall–Kier alpha value is -0.555. The standard InChI is InChI=1S/C13H20BN2P/c14-12(17)6-2-1-5-11-8-7-10-4-3-9-15-13(10)16-11/h7-8,12H,1-6,9,17H2,(H,15,16). The summed E-state index contributed by atoms with van der Waals surface area (Å²) in [5.41, 5.74) is 2.82. The van der Waals surface area contributed by atoms with E-state index in [1.54, 1.807) is 0 Å². The molecular formula is C13H20BN2P. The molecule has 0 saturated heterocycles. The lowest BCUT2D eigenvalue weighted by molar-refractivity contribution is 0.697. The van der Waals surface area contributed by atoms with Gasteiger partial charge >= 0.3 is 0 Å². The first-order valence-electron chi connectivity index (χ1n) is 6.49. The number of aromatic nitrogens is 1. The lowest BCUT2D eigenvalue weighted by Gasteiger charge is -2.17. The van der Waals surface area contributed by atoms with Crippen molar-refractivity contribution >= 4 is 22.9 Å². The van der Waals surface area contributed by atoms with Crippen LogP contribution >= 0.6 is 9.24 Å². The maximum atomic E-state index is 5.70. The fourth-order valence-electron chi connectivity index (χ4n) is 2.19. The highest BCUT2D eigenvalue weighted by Crippen LogP contribution is 2.20. The number of hydrogen-bond acceptors (Lipinski definition) is 2. The monoisotopic (exact) mass is 246 g/mol. The Morgan fingerprint density at radius 1 is 1.41 bits per heavy atom. The first-order valence-corrected chi connectivity index (χ1v) is 7.16. The SMILES string of the molecule is [B]C(P)CCCCc1ccc2c(n1)NCCC2. The van der Waals surface area contributed by atoms with Gasteiger partial charge in [0.15, 0.2) is 0 Å². The largest absolute Gasteiger partial charge is 0.370 e. The van der Waals surface area contributed by atoms with E-state index in [4.69, 9.17) is 7.85 Å². The number of unbranched alkanes of at least 4 members (excludes halogenated alkanes) is 1. The molecule has 2 unspecified atom stereocenters. The van der Waals surface area contributed by atoms with Crippen LogP contribution in [0.4, 0.5) is 5.82 Å². The zero-order chi connectivity index (χ0) is 12.1. The van der Waals surface area contributed by atoms with Crippen molar-refractivity contribution in [2.75, 3.05) is 11.9 Å². The Labute approximate surface area is 108 Å². The van der Waals surface area contributed by atoms with Gasteiger partial charge in [-0.05, 0) is 37.3 Å². The van der Waals surface area contributed by atoms with E-state index >= 15 is 0 Å². The van der Waals surface area contributed by atoms with E-state index in [9.17, 15) is 0 Å². The summed E-state index contributed by atoms with van der Waals surface area (Å²) in [4.78, 5) is 4.68. The Morgan fingerprint density at radius 2 is 2.29 bits per heavy atom. The van der Waals surface area contributed by atoms with Crippen molar-refractivity contribution in [1.82, 2.24) is 4.98 Å². The van der Waals surface area contributed by atoms with Gasteiger partial charge in [-0.25, -0.2) is 4.98 Å². The minimum Gasteiger partial charge on any atom is -0.370 e. The van der Waals surface area contributed by atoms with Crippen LogP contribution < -0.4 is 5.32 Å². The fraction of sp³-hybridized carbons (Fsp3) is 0.615. The normalized spacial score (nSPS) is 16.1. The topological polar surface area (TPSA) is 24.9 Å². The van der Waals surface area contributed by atoms with Crippen LogP contribution in [0.3, 0.4) is 0 Å². The quantitative estimate of drug-likeness (QED) is 0.490. The summed E-state index contributed by atoms with van der Waals surface area (Å²) in [6, 6.07) is 4.40. The van der Waals surface area contributed by atoms with Crippen LogP contribution in [-0.4, -0.2) is 24.9 Å². The molecule has 1 aromatic heterocycles. The molecule has 2 nitrogen and oxygen atoms in total. The Balaban J connectivity index is 1.85. The summed E-state index contributed by atoms with van der Waals surface area (Å²) in [6.45, 7) is 1.06. The van der Waals surface area contributed by atoms with Gasteiger partial charge in [0.25, 0.3) is 0 Å². The zero-order valence-electron chi connectivity index (χ0n) is 10.3. The summed E-state index contributed by atoms with van der Waals surface area (Å²) < 4.78 is 0. The summed E-state index contributed by atoms with van der Waals surface area (Å²) in [5.74, 6) is 1.11. The van der Waals surface area contributed by atoms with Crippen LogP contribution in [-0.2, 0) is 12.8 Å². The van der Waals surface area contributed by atoms with Gasteiger partial charge in [0.2, 0.25) is 0 Å². The van der Waals surface area contributed by atoms with Crippen LogP contribution in [0.25, 0.3) is 0 Å². The maximum absolute atomic E-state index is 5.70. The molecule has 0 saturated carbocycles. The smallest absolute Gasteiger partial charge is 0.129 e. The second-order valence-electron chi connectivity index (χ2n) is 4.75. The van der Waals surface area contributed by atoms with Crippen LogP contribution in [0.2, 0.25) is 0 Å². The molecular weight excluding hydrogens is 226 g/mol. The van der Waals surface area contributed by atoms with Gasteiger partial charge < -0.3 is 5.32 Å². The lowest BCUT2D eigenvalue weighted by atomic mass is 9.97. The Kier molecular flexibility index (Phi) is 4.85. The second-order valence-corrected chi connectivity index (χ2v) is 5.61. The average Bonchev–Trinajstić information content (AvgIpc) is 2.34. The molecule has 0 spiro atoms. The number of nitrogens with zero attached hydrogens (tertiary/aromatic N) is 1. The van der Waals surface area contributed by atoms with Crippen LogP contribution in [0.15, 0.2) is 12.1 Å². The van der Waals surface area contributed by atoms with Crippen LogP contribution in [0.5, 0.6) is 0 Å². The van der Waals surface area contributed by atoms with Crippen molar-refractivity contribution in [2.24, 2.45) is 0 Å². The molecule has 0 amide bonds. The highest BCUT2D eigenvalue weighted by Gasteiger charge is 2.09. The molecule has 0 fully saturated rings. The Bertz CT molecular complexity index is 368. The third-order valence-electron chi connectivity index (χ3n) is 3.17. The molecule has 1 aliphatic rings. The van der Waals surface area contributed by atoms with E-state index in [0.717, 1.165) is 31.6 Å². The number of pyridine rings is 1. The molecule has 90 valence electrons. The first kappa shape index (κ1) is 12.9. The van der Waals surface area contributed by atoms with E-state index < -0.39 is 0 Å². The molecule has 2 atom stereocenters. The molecule has 0 aromatic carbocycles. The third kappa shape index (κ3) is 3.99. The van der Waals surface area contributed by atoms with E-state index in [2.05, 4.69) is 31.7 Å². The van der Waals surface area contributed by atoms with E-state index in [0.29, 0.717) is 0 Å². The number of hydrogen-bond donors (Lipinski definition) is 1. The van der Waals surface area contributed by atoms with Gasteiger partial charge in [-0.2, -0.15) is 0 Å². The minimum absolute atomic E-state index is 0.244. The van der Waals surface area contributed by atoms with Crippen LogP contribution in [0, 0.1) is 0 Å². The van der Waals surface area contributed by atoms with Gasteiger partial charge in [-0.1, -0.05) is 24.5 Å². The number of nitrogens with one attached hydrogen (secondary N) is 1. The molecule has 17 heavy (non-hydrogen) atoms. The molecule has 1 N–H and O–H groups in total. The van der Waals surface area contributed by atoms with Crippen molar-refractivity contribution in [3.8, 4) is 0 Å². The van der Waals surface area contributed by atoms with Crippen molar-refractivity contribution in [3.63, 3.8) is 0 Å². The molecule has 2 radical (unpaired) electrons. The Morgan fingerprint density at radius 3 is 3.12 bits per heavy atom. The van der Waals surface area contributed by atoms with Gasteiger partial charge in [-0.3, -0.25) is 0 Å². The molecule has 2 heterocycles. The summed E-state index contributed by atoms with van der Waals surface area (Å²) in [5, 5.41) is 3.38. The van der Waals surface area contributed by atoms with E-state index in [1.165, 1.54) is 30.5 Å². The maximum Gasteiger partial charge on any atom is 0.129 e. The molecule has 0 bridgehead atoms. The first-order chi connectivity index (χ1) is 8.25. The predicted molar refractivity (Wildman–Crippen MR) is 77.9 cm³/mol. The second kappa shape index (κ2) is 6.40. The lowest BCUT2D eigenvalue weighted by Crippen LogP contribution is -2.14. The molecule has 1 aromatic rings.